The van der Waals surface area contributed by atoms with Crippen LogP contribution in [0.15, 0.2) is 24.9 Å². The molecule has 0 radical (unpaired) electrons. The molecule has 0 bridgehead atoms. The normalized spacial score (nSPS) is 20.0. The molecule has 3 heterocycles. The van der Waals surface area contributed by atoms with Crippen LogP contribution in [0.2, 0.25) is 0 Å². The number of carbonyl (C=O) groups excluding carboxylic acids is 1. The summed E-state index contributed by atoms with van der Waals surface area (Å²) in [5.74, 6) is 1.52. The summed E-state index contributed by atoms with van der Waals surface area (Å²) < 4.78 is 1.74. The number of hydrogen-bond donors (Lipinski definition) is 1. The van der Waals surface area contributed by atoms with Gasteiger partial charge < -0.3 is 10.2 Å². The van der Waals surface area contributed by atoms with Gasteiger partial charge in [-0.15, -0.1) is 0 Å². The van der Waals surface area contributed by atoms with Crippen molar-refractivity contribution in [2.24, 2.45) is 0 Å². The van der Waals surface area contributed by atoms with Gasteiger partial charge >= 0.3 is 0 Å². The third kappa shape index (κ3) is 4.12. The fourth-order valence-electron chi connectivity index (χ4n) is 3.23. The number of amides is 1. The molecule has 1 aliphatic heterocycles. The molecule has 1 saturated carbocycles. The van der Waals surface area contributed by atoms with Gasteiger partial charge in [-0.3, -0.25) is 9.48 Å². The molecule has 8 heteroatoms. The van der Waals surface area contributed by atoms with Crippen LogP contribution >= 0.6 is 0 Å². The molecule has 0 aromatic carbocycles. The predicted molar refractivity (Wildman–Crippen MR) is 92.0 cm³/mol. The first-order chi connectivity index (χ1) is 12.3. The van der Waals surface area contributed by atoms with E-state index in [1.807, 2.05) is 12.3 Å². The summed E-state index contributed by atoms with van der Waals surface area (Å²) in [5, 5.41) is 7.16. The average Bonchev–Trinajstić information content (AvgIpc) is 3.15. The average molecular weight is 341 g/mol. The summed E-state index contributed by atoms with van der Waals surface area (Å²) in [6, 6.07) is 2.19. The first kappa shape index (κ1) is 16.0. The number of nitrogens with one attached hydrogen (secondary N) is 1. The highest BCUT2D eigenvalue weighted by atomic mass is 16.1. The lowest BCUT2D eigenvalue weighted by molar-refractivity contribution is -0.121. The van der Waals surface area contributed by atoms with E-state index in [9.17, 15) is 4.79 Å². The van der Waals surface area contributed by atoms with E-state index in [-0.39, 0.29) is 11.9 Å². The van der Waals surface area contributed by atoms with Gasteiger partial charge in [-0.25, -0.2) is 15.0 Å². The van der Waals surface area contributed by atoms with Crippen LogP contribution in [-0.4, -0.2) is 49.8 Å². The molecule has 1 amide bonds. The summed E-state index contributed by atoms with van der Waals surface area (Å²) in [6.07, 6.45) is 9.71. The number of hydrogen-bond acceptors (Lipinski definition) is 6. The van der Waals surface area contributed by atoms with Gasteiger partial charge in [0.1, 0.15) is 12.7 Å². The maximum Gasteiger partial charge on any atom is 0.225 e. The van der Waals surface area contributed by atoms with Gasteiger partial charge in [-0.2, -0.15) is 5.10 Å². The smallest absolute Gasteiger partial charge is 0.225 e. The number of anilines is 1. The SMILES string of the molecule is O=C(CCCn1cncn1)NC1CCN(c2nccc(C3CC3)n2)C1. The topological polar surface area (TPSA) is 88.8 Å². The minimum Gasteiger partial charge on any atom is -0.352 e. The second-order valence-electron chi connectivity index (χ2n) is 6.82. The molecule has 2 aromatic rings. The lowest BCUT2D eigenvalue weighted by atomic mass is 10.2. The minimum absolute atomic E-state index is 0.0969. The van der Waals surface area contributed by atoms with Crippen molar-refractivity contribution < 1.29 is 4.79 Å². The monoisotopic (exact) mass is 341 g/mol. The Morgan fingerprint density at radius 1 is 1.32 bits per heavy atom. The highest BCUT2D eigenvalue weighted by Crippen LogP contribution is 2.39. The number of rotatable bonds is 7. The molecule has 4 rings (SSSR count). The first-order valence-corrected chi connectivity index (χ1v) is 8.97. The van der Waals surface area contributed by atoms with Gasteiger partial charge in [0, 0.05) is 49.9 Å². The zero-order chi connectivity index (χ0) is 17.1. The molecule has 1 aliphatic carbocycles. The Kier molecular flexibility index (Phi) is 4.58. The molecule has 1 N–H and O–H groups in total. The van der Waals surface area contributed by atoms with E-state index >= 15 is 0 Å². The van der Waals surface area contributed by atoms with Gasteiger partial charge in [0.2, 0.25) is 11.9 Å². The Bertz CT molecular complexity index is 714. The summed E-state index contributed by atoms with van der Waals surface area (Å²) in [7, 11) is 0. The lowest BCUT2D eigenvalue weighted by Gasteiger charge is -2.17. The summed E-state index contributed by atoms with van der Waals surface area (Å²) in [5.41, 5.74) is 1.16. The molecule has 2 aromatic heterocycles. The summed E-state index contributed by atoms with van der Waals surface area (Å²) in [4.78, 5) is 27.3. The van der Waals surface area contributed by atoms with E-state index in [4.69, 9.17) is 4.98 Å². The molecule has 8 nitrogen and oxygen atoms in total. The number of aryl methyl sites for hydroxylation is 1. The molecular formula is C17H23N7O. The minimum atomic E-state index is 0.0969. The van der Waals surface area contributed by atoms with Crippen molar-refractivity contribution in [2.45, 2.75) is 50.6 Å². The van der Waals surface area contributed by atoms with Crippen molar-refractivity contribution >= 4 is 11.9 Å². The van der Waals surface area contributed by atoms with Crippen LogP contribution in [0.5, 0.6) is 0 Å². The van der Waals surface area contributed by atoms with Gasteiger partial charge in [0.25, 0.3) is 0 Å². The van der Waals surface area contributed by atoms with Crippen molar-refractivity contribution in [3.8, 4) is 0 Å². The van der Waals surface area contributed by atoms with Crippen molar-refractivity contribution in [1.82, 2.24) is 30.0 Å². The first-order valence-electron chi connectivity index (χ1n) is 8.97. The second-order valence-corrected chi connectivity index (χ2v) is 6.82. The van der Waals surface area contributed by atoms with E-state index in [2.05, 4.69) is 25.3 Å². The number of aromatic nitrogens is 5. The van der Waals surface area contributed by atoms with Gasteiger partial charge in [-0.05, 0) is 31.7 Å². The summed E-state index contributed by atoms with van der Waals surface area (Å²) >= 11 is 0. The molecule has 132 valence electrons. The molecule has 2 aliphatic rings. The van der Waals surface area contributed by atoms with Crippen molar-refractivity contribution in [2.75, 3.05) is 18.0 Å². The molecule has 0 spiro atoms. The number of carbonyl (C=O) groups is 1. The van der Waals surface area contributed by atoms with Crippen LogP contribution in [0.4, 0.5) is 5.95 Å². The quantitative estimate of drug-likeness (QED) is 0.812. The van der Waals surface area contributed by atoms with Gasteiger partial charge in [0.05, 0.1) is 0 Å². The van der Waals surface area contributed by atoms with Crippen LogP contribution < -0.4 is 10.2 Å². The second kappa shape index (κ2) is 7.16. The third-order valence-electron chi connectivity index (χ3n) is 4.75. The van der Waals surface area contributed by atoms with Crippen LogP contribution in [-0.2, 0) is 11.3 Å². The Hall–Kier alpha value is -2.51. The predicted octanol–water partition coefficient (Wildman–Crippen LogP) is 1.12. The van der Waals surface area contributed by atoms with Crippen molar-refractivity contribution in [3.63, 3.8) is 0 Å². The van der Waals surface area contributed by atoms with Gasteiger partial charge in [0.15, 0.2) is 0 Å². The Morgan fingerprint density at radius 2 is 2.24 bits per heavy atom. The van der Waals surface area contributed by atoms with Crippen LogP contribution in [0.3, 0.4) is 0 Å². The van der Waals surface area contributed by atoms with E-state index in [1.165, 1.54) is 19.2 Å². The van der Waals surface area contributed by atoms with E-state index in [0.29, 0.717) is 18.9 Å². The Morgan fingerprint density at radius 3 is 3.04 bits per heavy atom. The zero-order valence-corrected chi connectivity index (χ0v) is 14.2. The molecule has 25 heavy (non-hydrogen) atoms. The number of nitrogens with zero attached hydrogens (tertiary/aromatic N) is 6. The zero-order valence-electron chi connectivity index (χ0n) is 14.2. The van der Waals surface area contributed by atoms with Crippen molar-refractivity contribution in [3.05, 3.63) is 30.6 Å². The Balaban J connectivity index is 1.23. The lowest BCUT2D eigenvalue weighted by Crippen LogP contribution is -2.37. The largest absolute Gasteiger partial charge is 0.352 e. The maximum atomic E-state index is 12.1. The van der Waals surface area contributed by atoms with Crippen molar-refractivity contribution in [1.29, 1.82) is 0 Å². The van der Waals surface area contributed by atoms with Crippen LogP contribution in [0.25, 0.3) is 0 Å². The molecule has 1 saturated heterocycles. The molecule has 1 atom stereocenters. The molecule has 1 unspecified atom stereocenters. The summed E-state index contributed by atoms with van der Waals surface area (Å²) in [6.45, 7) is 2.38. The van der Waals surface area contributed by atoms with Crippen LogP contribution in [0.1, 0.15) is 43.7 Å². The molecular weight excluding hydrogens is 318 g/mol. The fourth-order valence-corrected chi connectivity index (χ4v) is 3.23. The highest BCUT2D eigenvalue weighted by molar-refractivity contribution is 5.76. The maximum absolute atomic E-state index is 12.1. The van der Waals surface area contributed by atoms with E-state index in [0.717, 1.165) is 37.6 Å². The standard InChI is InChI=1S/C17H23N7O/c25-16(2-1-8-24-12-18-11-20-24)21-14-6-9-23(10-14)17-19-7-5-15(22-17)13-3-4-13/h5,7,11-14H,1-4,6,8-10H2,(H,21,25). The fraction of sp³-hybridized carbons (Fsp3) is 0.588. The third-order valence-corrected chi connectivity index (χ3v) is 4.75. The van der Waals surface area contributed by atoms with Crippen LogP contribution in [0, 0.1) is 0 Å². The Labute approximate surface area is 146 Å². The van der Waals surface area contributed by atoms with E-state index in [1.54, 1.807) is 11.0 Å². The van der Waals surface area contributed by atoms with Gasteiger partial charge in [-0.1, -0.05) is 0 Å². The van der Waals surface area contributed by atoms with E-state index < -0.39 is 0 Å². The molecule has 2 fully saturated rings. The highest BCUT2D eigenvalue weighted by Gasteiger charge is 2.28.